The molecule has 3 amide bonds. The highest BCUT2D eigenvalue weighted by Crippen LogP contribution is 2.36. The Morgan fingerprint density at radius 1 is 1.00 bits per heavy atom. The maximum atomic E-state index is 13.4. The van der Waals surface area contributed by atoms with Gasteiger partial charge in [-0.15, -0.1) is 11.3 Å². The van der Waals surface area contributed by atoms with Gasteiger partial charge in [0.15, 0.2) is 0 Å². The van der Waals surface area contributed by atoms with E-state index in [0.29, 0.717) is 39.9 Å². The summed E-state index contributed by atoms with van der Waals surface area (Å²) in [7, 11) is 0. The Bertz CT molecular complexity index is 1220. The number of hydrogen-bond acceptors (Lipinski definition) is 6. The van der Waals surface area contributed by atoms with Crippen LogP contribution in [0, 0.1) is 0 Å². The molecule has 1 aromatic heterocycles. The topological polar surface area (TPSA) is 87.7 Å². The molecule has 0 aliphatic carbocycles. The van der Waals surface area contributed by atoms with Crippen LogP contribution in [-0.2, 0) is 14.4 Å². The molecule has 1 aliphatic heterocycles. The molecule has 0 atom stereocenters. The average Bonchev–Trinajstić information content (AvgIpc) is 3.40. The number of benzene rings is 2. The normalized spacial score (nSPS) is 13.5. The van der Waals surface area contributed by atoms with E-state index in [1.54, 1.807) is 30.3 Å². The number of carbonyl (C=O) groups excluding carboxylic acids is 3. The van der Waals surface area contributed by atoms with E-state index in [2.05, 4.69) is 10.6 Å². The third-order valence-corrected chi connectivity index (χ3v) is 5.76. The molecule has 0 saturated heterocycles. The molecule has 3 aromatic rings. The summed E-state index contributed by atoms with van der Waals surface area (Å²) >= 11 is 1.39. The van der Waals surface area contributed by atoms with Crippen molar-refractivity contribution in [2.75, 3.05) is 22.1 Å². The van der Waals surface area contributed by atoms with E-state index in [0.717, 1.165) is 11.3 Å². The van der Waals surface area contributed by atoms with Gasteiger partial charge in [-0.25, -0.2) is 4.90 Å². The predicted molar refractivity (Wildman–Crippen MR) is 130 cm³/mol. The lowest BCUT2D eigenvalue weighted by Crippen LogP contribution is -2.32. The van der Waals surface area contributed by atoms with Crippen LogP contribution in [0.5, 0.6) is 5.75 Å². The summed E-state index contributed by atoms with van der Waals surface area (Å²) in [6.45, 7) is 4.03. The minimum atomic E-state index is -0.449. The van der Waals surface area contributed by atoms with Crippen molar-refractivity contribution in [3.63, 3.8) is 0 Å². The molecule has 8 heteroatoms. The fourth-order valence-corrected chi connectivity index (χ4v) is 4.22. The Balaban J connectivity index is 1.67. The van der Waals surface area contributed by atoms with Crippen molar-refractivity contribution >= 4 is 51.7 Å². The lowest BCUT2D eigenvalue weighted by Gasteiger charge is -2.16. The second-order valence-corrected chi connectivity index (χ2v) is 8.35. The van der Waals surface area contributed by atoms with Crippen molar-refractivity contribution in [2.45, 2.75) is 20.3 Å². The molecule has 0 bridgehead atoms. The smallest absolute Gasteiger partial charge is 0.282 e. The summed E-state index contributed by atoms with van der Waals surface area (Å²) in [6, 6.07) is 17.5. The SMILES string of the molecule is CCCOc1cccc(NC2=C(c3cccs3)C(=O)N(c3ccc(NC(C)=O)cc3)C2=O)c1. The summed E-state index contributed by atoms with van der Waals surface area (Å²) < 4.78 is 5.69. The highest BCUT2D eigenvalue weighted by atomic mass is 32.1. The van der Waals surface area contributed by atoms with Crippen molar-refractivity contribution in [3.8, 4) is 5.75 Å². The molecule has 2 N–H and O–H groups in total. The standard InChI is InChI=1S/C25H23N3O4S/c1-3-13-32-20-7-4-6-18(15-20)27-23-22(21-8-5-14-33-21)24(30)28(25(23)31)19-11-9-17(10-12-19)26-16(2)29/h4-12,14-15,27H,3,13H2,1-2H3,(H,26,29). The first-order valence-electron chi connectivity index (χ1n) is 10.5. The zero-order valence-electron chi connectivity index (χ0n) is 18.3. The summed E-state index contributed by atoms with van der Waals surface area (Å²) in [5.41, 5.74) is 2.18. The maximum absolute atomic E-state index is 13.4. The van der Waals surface area contributed by atoms with Crippen molar-refractivity contribution in [3.05, 3.63) is 76.6 Å². The predicted octanol–water partition coefficient (Wildman–Crippen LogP) is 4.89. The van der Waals surface area contributed by atoms with Crippen molar-refractivity contribution in [1.29, 1.82) is 0 Å². The van der Waals surface area contributed by atoms with Crippen LogP contribution < -0.4 is 20.3 Å². The molecule has 168 valence electrons. The largest absolute Gasteiger partial charge is 0.494 e. The van der Waals surface area contributed by atoms with Gasteiger partial charge in [0, 0.05) is 29.2 Å². The van der Waals surface area contributed by atoms with Gasteiger partial charge in [-0.05, 0) is 54.3 Å². The number of anilines is 3. The molecule has 0 spiro atoms. The second kappa shape index (κ2) is 9.70. The number of rotatable bonds is 8. The Labute approximate surface area is 195 Å². The molecule has 7 nitrogen and oxygen atoms in total. The Kier molecular flexibility index (Phi) is 6.55. The third-order valence-electron chi connectivity index (χ3n) is 4.87. The summed E-state index contributed by atoms with van der Waals surface area (Å²) in [4.78, 5) is 40.0. The summed E-state index contributed by atoms with van der Waals surface area (Å²) in [5.74, 6) is -0.372. The van der Waals surface area contributed by atoms with E-state index < -0.39 is 11.8 Å². The van der Waals surface area contributed by atoms with Crippen molar-refractivity contribution < 1.29 is 19.1 Å². The van der Waals surface area contributed by atoms with Gasteiger partial charge in [0.2, 0.25) is 5.91 Å². The van der Waals surface area contributed by atoms with Crippen LogP contribution in [0.15, 0.2) is 71.7 Å². The van der Waals surface area contributed by atoms with Crippen LogP contribution in [0.3, 0.4) is 0 Å². The quantitative estimate of drug-likeness (QED) is 0.466. The fourth-order valence-electron chi connectivity index (χ4n) is 3.45. The highest BCUT2D eigenvalue weighted by Gasteiger charge is 2.40. The van der Waals surface area contributed by atoms with E-state index in [9.17, 15) is 14.4 Å². The van der Waals surface area contributed by atoms with Gasteiger partial charge in [-0.1, -0.05) is 19.1 Å². The number of hydrogen-bond donors (Lipinski definition) is 2. The zero-order chi connectivity index (χ0) is 23.4. The number of thiophene rings is 1. The van der Waals surface area contributed by atoms with Gasteiger partial charge in [0.25, 0.3) is 11.8 Å². The molecule has 2 heterocycles. The van der Waals surface area contributed by atoms with Crippen LogP contribution in [0.1, 0.15) is 25.1 Å². The van der Waals surface area contributed by atoms with E-state index in [1.807, 2.05) is 42.6 Å². The molecule has 33 heavy (non-hydrogen) atoms. The van der Waals surface area contributed by atoms with E-state index in [-0.39, 0.29) is 11.6 Å². The number of carbonyl (C=O) groups is 3. The van der Waals surface area contributed by atoms with Gasteiger partial charge in [-0.3, -0.25) is 14.4 Å². The molecule has 2 aromatic carbocycles. The van der Waals surface area contributed by atoms with Gasteiger partial charge < -0.3 is 15.4 Å². The highest BCUT2D eigenvalue weighted by molar-refractivity contribution is 7.11. The first-order chi connectivity index (χ1) is 16.0. The van der Waals surface area contributed by atoms with Crippen molar-refractivity contribution in [2.24, 2.45) is 0 Å². The maximum Gasteiger partial charge on any atom is 0.282 e. The van der Waals surface area contributed by atoms with Gasteiger partial charge in [0.05, 0.1) is 17.9 Å². The molecule has 0 radical (unpaired) electrons. The van der Waals surface area contributed by atoms with Gasteiger partial charge in [0.1, 0.15) is 11.4 Å². The third kappa shape index (κ3) is 4.80. The van der Waals surface area contributed by atoms with Crippen LogP contribution in [0.25, 0.3) is 5.57 Å². The molecular formula is C25H23N3O4S. The van der Waals surface area contributed by atoms with E-state index in [4.69, 9.17) is 4.74 Å². The number of imide groups is 1. The molecule has 0 saturated carbocycles. The van der Waals surface area contributed by atoms with E-state index >= 15 is 0 Å². The van der Waals surface area contributed by atoms with Crippen LogP contribution in [0.2, 0.25) is 0 Å². The van der Waals surface area contributed by atoms with Gasteiger partial charge in [-0.2, -0.15) is 0 Å². The number of amides is 3. The minimum Gasteiger partial charge on any atom is -0.494 e. The lowest BCUT2D eigenvalue weighted by molar-refractivity contribution is -0.120. The number of nitrogens with one attached hydrogen (secondary N) is 2. The summed E-state index contributed by atoms with van der Waals surface area (Å²) in [5, 5.41) is 7.69. The Morgan fingerprint density at radius 3 is 2.45 bits per heavy atom. The molecule has 4 rings (SSSR count). The molecular weight excluding hydrogens is 438 g/mol. The number of nitrogens with zero attached hydrogens (tertiary/aromatic N) is 1. The Morgan fingerprint density at radius 2 is 1.79 bits per heavy atom. The number of ether oxygens (including phenoxy) is 1. The first kappa shape index (κ1) is 22.3. The molecule has 0 unspecified atom stereocenters. The van der Waals surface area contributed by atoms with Crippen LogP contribution in [0.4, 0.5) is 17.1 Å². The van der Waals surface area contributed by atoms with Gasteiger partial charge >= 0.3 is 0 Å². The van der Waals surface area contributed by atoms with Crippen molar-refractivity contribution in [1.82, 2.24) is 0 Å². The molecule has 0 fully saturated rings. The first-order valence-corrected chi connectivity index (χ1v) is 11.4. The second-order valence-electron chi connectivity index (χ2n) is 7.40. The lowest BCUT2D eigenvalue weighted by atomic mass is 10.2. The Hall–Kier alpha value is -3.91. The minimum absolute atomic E-state index is 0.200. The average molecular weight is 462 g/mol. The fraction of sp³-hybridized carbons (Fsp3) is 0.160. The van der Waals surface area contributed by atoms with Crippen LogP contribution in [-0.4, -0.2) is 24.3 Å². The zero-order valence-corrected chi connectivity index (χ0v) is 19.1. The monoisotopic (exact) mass is 461 g/mol. The van der Waals surface area contributed by atoms with E-state index in [1.165, 1.54) is 18.3 Å². The molecule has 1 aliphatic rings. The van der Waals surface area contributed by atoms with Crippen LogP contribution >= 0.6 is 11.3 Å². The summed E-state index contributed by atoms with van der Waals surface area (Å²) in [6.07, 6.45) is 0.883.